The van der Waals surface area contributed by atoms with Gasteiger partial charge in [-0.05, 0) is 50.6 Å². The van der Waals surface area contributed by atoms with Gasteiger partial charge < -0.3 is 19.0 Å². The molecule has 3 aromatic heterocycles. The van der Waals surface area contributed by atoms with E-state index < -0.39 is 26.9 Å². The number of furan rings is 1. The van der Waals surface area contributed by atoms with Crippen LogP contribution in [0.5, 0.6) is 11.5 Å². The first-order valence-corrected chi connectivity index (χ1v) is 12.8. The maximum Gasteiger partial charge on any atom is 0.204 e. The zero-order valence-corrected chi connectivity index (χ0v) is 21.4. The summed E-state index contributed by atoms with van der Waals surface area (Å²) < 4.78 is 45.3. The van der Waals surface area contributed by atoms with E-state index in [0.717, 1.165) is 5.56 Å². The summed E-state index contributed by atoms with van der Waals surface area (Å²) in [6, 6.07) is 8.67. The van der Waals surface area contributed by atoms with Crippen molar-refractivity contribution < 1.29 is 27.4 Å². The largest absolute Gasteiger partial charge is 0.494 e. The molecule has 4 rings (SSSR count). The fourth-order valence-electron chi connectivity index (χ4n) is 3.68. The van der Waals surface area contributed by atoms with Gasteiger partial charge in [-0.2, -0.15) is 0 Å². The van der Waals surface area contributed by atoms with Crippen LogP contribution in [0.1, 0.15) is 36.0 Å². The number of aliphatic hydroxyl groups excluding tert-OH is 1. The summed E-state index contributed by atoms with van der Waals surface area (Å²) >= 11 is 0. The molecule has 3 heterocycles. The summed E-state index contributed by atoms with van der Waals surface area (Å²) in [4.78, 5) is 8.14. The van der Waals surface area contributed by atoms with Gasteiger partial charge in [-0.1, -0.05) is 6.07 Å². The molecule has 0 aliphatic heterocycles. The minimum Gasteiger partial charge on any atom is -0.494 e. The first-order chi connectivity index (χ1) is 17.2. The average Bonchev–Trinajstić information content (AvgIpc) is 3.48. The molecule has 0 spiro atoms. The van der Waals surface area contributed by atoms with Crippen molar-refractivity contribution in [3.8, 4) is 28.8 Å². The minimum absolute atomic E-state index is 0.0243. The van der Waals surface area contributed by atoms with E-state index in [2.05, 4.69) is 20.2 Å². The quantitative estimate of drug-likeness (QED) is 0.355. The number of sulfone groups is 1. The highest BCUT2D eigenvalue weighted by Crippen LogP contribution is 2.37. The Morgan fingerprint density at radius 3 is 2.22 bits per heavy atom. The van der Waals surface area contributed by atoms with Gasteiger partial charge in [0.15, 0.2) is 27.2 Å². The standard InChI is InChI=1S/C24H27N5O6S/c1-14-11-25-23(26-12-14)22(30)16(3)36(31,32)13-20-27-28-24(19-10-9-15(2)35-19)29(20)21-17(33-4)7-6-8-18(21)34-5/h6-12,16,22,30H,13H2,1-5H3/t16-,22-/m0/s1. The van der Waals surface area contributed by atoms with E-state index in [1.54, 1.807) is 44.2 Å². The molecular formula is C24H27N5O6S. The third-order valence-corrected chi connectivity index (χ3v) is 7.77. The van der Waals surface area contributed by atoms with Crippen molar-refractivity contribution in [1.29, 1.82) is 0 Å². The molecule has 0 aliphatic rings. The highest BCUT2D eigenvalue weighted by atomic mass is 32.2. The van der Waals surface area contributed by atoms with Crippen LogP contribution >= 0.6 is 0 Å². The Kier molecular flexibility index (Phi) is 7.09. The molecule has 12 heteroatoms. The minimum atomic E-state index is -3.97. The second-order valence-corrected chi connectivity index (χ2v) is 10.6. The van der Waals surface area contributed by atoms with E-state index >= 15 is 0 Å². The van der Waals surface area contributed by atoms with E-state index in [-0.39, 0.29) is 17.5 Å². The topological polar surface area (TPSA) is 142 Å². The normalized spacial score (nSPS) is 13.4. The second-order valence-electron chi connectivity index (χ2n) is 8.27. The number of benzene rings is 1. The van der Waals surface area contributed by atoms with Crippen LogP contribution in [0.4, 0.5) is 0 Å². The van der Waals surface area contributed by atoms with Crippen molar-refractivity contribution in [2.75, 3.05) is 14.2 Å². The van der Waals surface area contributed by atoms with Gasteiger partial charge in [0.2, 0.25) is 5.82 Å². The van der Waals surface area contributed by atoms with Gasteiger partial charge in [-0.15, -0.1) is 10.2 Å². The molecule has 1 aromatic carbocycles. The molecule has 0 amide bonds. The van der Waals surface area contributed by atoms with Crippen LogP contribution in [-0.2, 0) is 15.6 Å². The molecule has 1 N–H and O–H groups in total. The van der Waals surface area contributed by atoms with Crippen molar-refractivity contribution in [1.82, 2.24) is 24.7 Å². The van der Waals surface area contributed by atoms with Gasteiger partial charge in [-0.3, -0.25) is 4.57 Å². The molecule has 0 unspecified atom stereocenters. The number of methoxy groups -OCH3 is 2. The van der Waals surface area contributed by atoms with Gasteiger partial charge in [0.1, 0.15) is 34.8 Å². The highest BCUT2D eigenvalue weighted by Gasteiger charge is 2.34. The highest BCUT2D eigenvalue weighted by molar-refractivity contribution is 7.91. The maximum atomic E-state index is 13.4. The number of hydrogen-bond acceptors (Lipinski definition) is 10. The summed E-state index contributed by atoms with van der Waals surface area (Å²) in [7, 11) is -0.978. The van der Waals surface area contributed by atoms with Gasteiger partial charge >= 0.3 is 0 Å². The zero-order valence-electron chi connectivity index (χ0n) is 20.5. The van der Waals surface area contributed by atoms with E-state index in [4.69, 9.17) is 13.9 Å². The van der Waals surface area contributed by atoms with E-state index in [1.807, 2.05) is 0 Å². The van der Waals surface area contributed by atoms with Crippen molar-refractivity contribution in [3.63, 3.8) is 0 Å². The number of hydrogen-bond donors (Lipinski definition) is 1. The number of nitrogens with zero attached hydrogens (tertiary/aromatic N) is 5. The third kappa shape index (κ3) is 4.82. The second kappa shape index (κ2) is 10.1. The molecular weight excluding hydrogens is 486 g/mol. The average molecular weight is 514 g/mol. The molecule has 2 atom stereocenters. The molecule has 11 nitrogen and oxygen atoms in total. The molecule has 0 radical (unpaired) electrons. The third-order valence-electron chi connectivity index (χ3n) is 5.72. The molecule has 0 fully saturated rings. The van der Waals surface area contributed by atoms with Crippen LogP contribution < -0.4 is 9.47 Å². The lowest BCUT2D eigenvalue weighted by atomic mass is 10.2. The van der Waals surface area contributed by atoms with Crippen LogP contribution in [0.15, 0.2) is 47.1 Å². The summed E-state index contributed by atoms with van der Waals surface area (Å²) in [5.74, 6) is 1.71. The predicted octanol–water partition coefficient (Wildman–Crippen LogP) is 2.99. The molecule has 0 bridgehead atoms. The van der Waals surface area contributed by atoms with E-state index in [9.17, 15) is 13.5 Å². The van der Waals surface area contributed by atoms with Crippen LogP contribution in [-0.4, -0.2) is 57.7 Å². The lowest BCUT2D eigenvalue weighted by molar-refractivity contribution is 0.166. The Hall–Kier alpha value is -3.77. The summed E-state index contributed by atoms with van der Waals surface area (Å²) in [5, 5.41) is 17.9. The first-order valence-electron chi connectivity index (χ1n) is 11.1. The fourth-order valence-corrected chi connectivity index (χ4v) is 5.01. The van der Waals surface area contributed by atoms with Gasteiger partial charge in [-0.25, -0.2) is 18.4 Å². The SMILES string of the molecule is COc1cccc(OC)c1-n1c(CS(=O)(=O)[C@@H](C)[C@H](O)c2ncc(C)cn2)nnc1-c1ccc(C)o1. The summed E-state index contributed by atoms with van der Waals surface area (Å²) in [5.41, 5.74) is 1.21. The first kappa shape index (κ1) is 25.3. The molecule has 0 aliphatic carbocycles. The van der Waals surface area contributed by atoms with Crippen molar-refractivity contribution in [2.45, 2.75) is 37.9 Å². The number of ether oxygens (including phenoxy) is 2. The Morgan fingerprint density at radius 2 is 1.67 bits per heavy atom. The smallest absolute Gasteiger partial charge is 0.204 e. The van der Waals surface area contributed by atoms with E-state index in [1.165, 1.54) is 38.1 Å². The van der Waals surface area contributed by atoms with Crippen molar-refractivity contribution >= 4 is 9.84 Å². The number of rotatable bonds is 9. The summed E-state index contributed by atoms with van der Waals surface area (Å²) in [6.45, 7) is 4.99. The molecule has 0 saturated heterocycles. The van der Waals surface area contributed by atoms with Crippen LogP contribution in [0.2, 0.25) is 0 Å². The van der Waals surface area contributed by atoms with Crippen LogP contribution in [0.3, 0.4) is 0 Å². The summed E-state index contributed by atoms with van der Waals surface area (Å²) in [6.07, 6.45) is 1.61. The molecule has 190 valence electrons. The number of aryl methyl sites for hydroxylation is 2. The Balaban J connectivity index is 1.81. The van der Waals surface area contributed by atoms with E-state index in [0.29, 0.717) is 28.7 Å². The lowest BCUT2D eigenvalue weighted by Gasteiger charge is -2.20. The monoisotopic (exact) mass is 513 g/mol. The van der Waals surface area contributed by atoms with Crippen molar-refractivity contribution in [2.24, 2.45) is 0 Å². The Morgan fingerprint density at radius 1 is 1.03 bits per heavy atom. The lowest BCUT2D eigenvalue weighted by Crippen LogP contribution is -2.29. The van der Waals surface area contributed by atoms with Gasteiger partial charge in [0, 0.05) is 12.4 Å². The number of aliphatic hydroxyl groups is 1. The van der Waals surface area contributed by atoms with Crippen LogP contribution in [0, 0.1) is 13.8 Å². The Bertz CT molecular complexity index is 1440. The van der Waals surface area contributed by atoms with Gasteiger partial charge in [0.05, 0.1) is 19.5 Å². The predicted molar refractivity (Wildman–Crippen MR) is 131 cm³/mol. The zero-order chi connectivity index (χ0) is 26.0. The maximum absolute atomic E-state index is 13.4. The number of para-hydroxylation sites is 1. The van der Waals surface area contributed by atoms with Crippen LogP contribution in [0.25, 0.3) is 17.3 Å². The van der Waals surface area contributed by atoms with Crippen molar-refractivity contribution in [3.05, 3.63) is 65.7 Å². The Labute approximate surface area is 208 Å². The van der Waals surface area contributed by atoms with Gasteiger partial charge in [0.25, 0.3) is 0 Å². The molecule has 0 saturated carbocycles. The number of aromatic nitrogens is 5. The molecule has 4 aromatic rings. The fraction of sp³-hybridized carbons (Fsp3) is 0.333. The molecule has 36 heavy (non-hydrogen) atoms.